The molecule has 0 amide bonds. The molecule has 0 bridgehead atoms. The molecule has 21 heavy (non-hydrogen) atoms. The molecule has 0 aliphatic carbocycles. The fraction of sp³-hybridized carbons (Fsp3) is 0.250. The van der Waals surface area contributed by atoms with Gasteiger partial charge in [0.2, 0.25) is 11.8 Å². The molecule has 9 heteroatoms. The Bertz CT molecular complexity index is 549. The van der Waals surface area contributed by atoms with Crippen LogP contribution in [0.2, 0.25) is 0 Å². The van der Waals surface area contributed by atoms with Crippen molar-refractivity contribution >= 4 is 6.29 Å². The molecule has 0 fully saturated rings. The lowest BCUT2D eigenvalue weighted by atomic mass is 10.4. The molecular weight excluding hydrogens is 286 g/mol. The number of alkyl halides is 2. The Hall–Kier alpha value is -2.71. The Labute approximate surface area is 118 Å². The van der Waals surface area contributed by atoms with E-state index in [2.05, 4.69) is 25.1 Å². The number of nitrogens with zero attached hydrogens (tertiary/aromatic N) is 4. The van der Waals surface area contributed by atoms with Gasteiger partial charge in [0.1, 0.15) is 11.4 Å². The minimum atomic E-state index is -2.58. The Morgan fingerprint density at radius 3 is 1.86 bits per heavy atom. The summed E-state index contributed by atoms with van der Waals surface area (Å²) in [6.07, 6.45) is -1.94. The molecule has 2 aromatic heterocycles. The van der Waals surface area contributed by atoms with Crippen LogP contribution in [0.3, 0.4) is 0 Å². The second-order valence-corrected chi connectivity index (χ2v) is 3.42. The second-order valence-electron chi connectivity index (χ2n) is 3.42. The molecule has 0 unspecified atom stereocenters. The smallest absolute Gasteiger partial charge is 0.282 e. The van der Waals surface area contributed by atoms with E-state index in [9.17, 15) is 13.6 Å². The van der Waals surface area contributed by atoms with Gasteiger partial charge < -0.3 is 9.47 Å². The monoisotopic (exact) mass is 298 g/mol. The summed E-state index contributed by atoms with van der Waals surface area (Å²) in [5.41, 5.74) is -0.0356. The highest BCUT2D eigenvalue weighted by Crippen LogP contribution is 2.16. The third-order valence-electron chi connectivity index (χ3n) is 2.08. The summed E-state index contributed by atoms with van der Waals surface area (Å²) in [7, 11) is 2.89. The van der Waals surface area contributed by atoms with Crippen LogP contribution < -0.4 is 9.47 Å². The molecule has 0 N–H and O–H groups in total. The van der Waals surface area contributed by atoms with Gasteiger partial charge in [0.15, 0.2) is 6.29 Å². The zero-order chi connectivity index (χ0) is 15.7. The van der Waals surface area contributed by atoms with Crippen molar-refractivity contribution in [3.8, 4) is 11.8 Å². The van der Waals surface area contributed by atoms with Crippen molar-refractivity contribution in [2.24, 2.45) is 0 Å². The lowest BCUT2D eigenvalue weighted by Gasteiger charge is -1.98. The van der Waals surface area contributed by atoms with Crippen molar-refractivity contribution in [2.45, 2.75) is 6.43 Å². The maximum atomic E-state index is 11.9. The highest BCUT2D eigenvalue weighted by molar-refractivity contribution is 5.71. The summed E-state index contributed by atoms with van der Waals surface area (Å²) in [4.78, 5) is 10.1. The average molecular weight is 298 g/mol. The molecule has 0 aliphatic heterocycles. The number of halogens is 2. The first-order chi connectivity index (χ1) is 10.1. The van der Waals surface area contributed by atoms with Crippen molar-refractivity contribution in [2.75, 3.05) is 14.2 Å². The van der Waals surface area contributed by atoms with E-state index in [0.717, 1.165) is 0 Å². The molecule has 2 heterocycles. The molecule has 0 radical (unpaired) electrons. The van der Waals surface area contributed by atoms with Gasteiger partial charge in [-0.25, -0.2) is 8.78 Å². The van der Waals surface area contributed by atoms with E-state index in [1.807, 2.05) is 0 Å². The minimum Gasteiger partial charge on any atom is -0.480 e. The van der Waals surface area contributed by atoms with E-state index in [1.165, 1.54) is 26.4 Å². The summed E-state index contributed by atoms with van der Waals surface area (Å²) in [5, 5.41) is 13.7. The second kappa shape index (κ2) is 8.46. The van der Waals surface area contributed by atoms with E-state index in [0.29, 0.717) is 17.9 Å². The number of hydrogen-bond acceptors (Lipinski definition) is 7. The first kappa shape index (κ1) is 16.3. The maximum Gasteiger partial charge on any atom is 0.282 e. The molecule has 0 saturated heterocycles. The fourth-order valence-electron chi connectivity index (χ4n) is 1.06. The number of hydrogen-bond donors (Lipinski definition) is 0. The Balaban J connectivity index is 0.000000211. The van der Waals surface area contributed by atoms with Gasteiger partial charge in [0, 0.05) is 12.1 Å². The topological polar surface area (TPSA) is 87.1 Å². The first-order valence-corrected chi connectivity index (χ1v) is 5.59. The average Bonchev–Trinajstić information content (AvgIpc) is 2.55. The maximum absolute atomic E-state index is 11.9. The Morgan fingerprint density at radius 1 is 0.952 bits per heavy atom. The molecule has 0 aliphatic rings. The predicted octanol–water partition coefficient (Wildman–Crippen LogP) is 1.72. The van der Waals surface area contributed by atoms with Crippen LogP contribution in [0.1, 0.15) is 22.6 Å². The van der Waals surface area contributed by atoms with E-state index >= 15 is 0 Å². The van der Waals surface area contributed by atoms with Crippen LogP contribution in [-0.4, -0.2) is 40.9 Å². The fourth-order valence-corrected chi connectivity index (χ4v) is 1.06. The third-order valence-corrected chi connectivity index (χ3v) is 2.08. The van der Waals surface area contributed by atoms with Crippen molar-refractivity contribution in [3.05, 3.63) is 35.7 Å². The van der Waals surface area contributed by atoms with E-state index in [4.69, 9.17) is 4.74 Å². The number of ether oxygens (including phenoxy) is 2. The highest BCUT2D eigenvalue weighted by Gasteiger charge is 2.08. The normalized spacial score (nSPS) is 9.57. The van der Waals surface area contributed by atoms with E-state index in [-0.39, 0.29) is 11.6 Å². The summed E-state index contributed by atoms with van der Waals surface area (Å²) in [6, 6.07) is 5.64. The summed E-state index contributed by atoms with van der Waals surface area (Å²) < 4.78 is 33.1. The first-order valence-electron chi connectivity index (χ1n) is 5.59. The van der Waals surface area contributed by atoms with Crippen LogP contribution in [-0.2, 0) is 0 Å². The zero-order valence-electron chi connectivity index (χ0n) is 11.2. The molecule has 0 saturated carbocycles. The predicted molar refractivity (Wildman–Crippen MR) is 67.5 cm³/mol. The standard InChI is InChI=1S/C6H6F2N2O.C6H6N2O2/c1-11-5-3-2-4(6(7)8)9-10-5;1-10-6-3-2-5(4-9)7-8-6/h2-3,6H,1H3;2-4H,1H3. The number of carbonyl (C=O) groups excluding carboxylic acids is 1. The zero-order valence-corrected chi connectivity index (χ0v) is 11.2. The van der Waals surface area contributed by atoms with Gasteiger partial charge in [-0.15, -0.1) is 20.4 Å². The van der Waals surface area contributed by atoms with E-state index < -0.39 is 6.43 Å². The molecule has 2 aromatic rings. The lowest BCUT2D eigenvalue weighted by molar-refractivity contribution is 0.111. The molecule has 0 atom stereocenters. The third kappa shape index (κ3) is 5.43. The molecule has 7 nitrogen and oxygen atoms in total. The molecular formula is C12H12F2N4O3. The van der Waals surface area contributed by atoms with Gasteiger partial charge in [-0.05, 0) is 12.1 Å². The van der Waals surface area contributed by atoms with Crippen molar-refractivity contribution in [1.29, 1.82) is 0 Å². The highest BCUT2D eigenvalue weighted by atomic mass is 19.3. The Kier molecular flexibility index (Phi) is 6.58. The van der Waals surface area contributed by atoms with Crippen molar-refractivity contribution in [3.63, 3.8) is 0 Å². The van der Waals surface area contributed by atoms with Gasteiger partial charge in [-0.3, -0.25) is 4.79 Å². The van der Waals surface area contributed by atoms with E-state index in [1.54, 1.807) is 12.1 Å². The van der Waals surface area contributed by atoms with Crippen LogP contribution in [0.25, 0.3) is 0 Å². The van der Waals surface area contributed by atoms with Gasteiger partial charge in [-0.1, -0.05) is 0 Å². The molecule has 0 spiro atoms. The molecule has 2 rings (SSSR count). The number of rotatable bonds is 4. The Morgan fingerprint density at radius 2 is 1.52 bits per heavy atom. The van der Waals surface area contributed by atoms with Crippen LogP contribution in [0, 0.1) is 0 Å². The van der Waals surface area contributed by atoms with Gasteiger partial charge >= 0.3 is 0 Å². The largest absolute Gasteiger partial charge is 0.480 e. The lowest BCUT2D eigenvalue weighted by Crippen LogP contribution is -1.95. The number of aromatic nitrogens is 4. The number of methoxy groups -OCH3 is 2. The molecule has 0 aromatic carbocycles. The number of carbonyl (C=O) groups is 1. The molecule has 112 valence electrons. The summed E-state index contributed by atoms with van der Waals surface area (Å²) in [6.45, 7) is 0. The summed E-state index contributed by atoms with van der Waals surface area (Å²) in [5.74, 6) is 0.639. The van der Waals surface area contributed by atoms with Crippen molar-refractivity contribution in [1.82, 2.24) is 20.4 Å². The van der Waals surface area contributed by atoms with Crippen LogP contribution in [0.15, 0.2) is 24.3 Å². The van der Waals surface area contributed by atoms with Gasteiger partial charge in [-0.2, -0.15) is 0 Å². The van der Waals surface area contributed by atoms with Gasteiger partial charge in [0.05, 0.1) is 14.2 Å². The minimum absolute atomic E-state index is 0.231. The van der Waals surface area contributed by atoms with Crippen molar-refractivity contribution < 1.29 is 23.0 Å². The quantitative estimate of drug-likeness (QED) is 0.794. The SMILES string of the molecule is COc1ccc(C(F)F)nn1.COc1ccc(C=O)nn1. The number of aldehydes is 1. The van der Waals surface area contributed by atoms with Gasteiger partial charge in [0.25, 0.3) is 6.43 Å². The van der Waals surface area contributed by atoms with Crippen LogP contribution in [0.4, 0.5) is 8.78 Å². The van der Waals surface area contributed by atoms with Crippen LogP contribution in [0.5, 0.6) is 11.8 Å². The van der Waals surface area contributed by atoms with Crippen LogP contribution >= 0.6 is 0 Å². The summed E-state index contributed by atoms with van der Waals surface area (Å²) >= 11 is 0.